The summed E-state index contributed by atoms with van der Waals surface area (Å²) in [4.78, 5) is 6.48. The molecule has 0 spiro atoms. The Morgan fingerprint density at radius 2 is 2.00 bits per heavy atom. The number of rotatable bonds is 4. The number of para-hydroxylation sites is 1. The van der Waals surface area contributed by atoms with Gasteiger partial charge in [0, 0.05) is 23.7 Å². The third-order valence-electron chi connectivity index (χ3n) is 3.80. The molecule has 0 amide bonds. The van der Waals surface area contributed by atoms with E-state index in [1.807, 2.05) is 24.3 Å². The molecule has 1 N–H and O–H groups in total. The smallest absolute Gasteiger partial charge is 0.103 e. The summed E-state index contributed by atoms with van der Waals surface area (Å²) in [5, 5.41) is 13.7. The zero-order chi connectivity index (χ0) is 14.8. The molecule has 0 aliphatic carbocycles. The summed E-state index contributed by atoms with van der Waals surface area (Å²) in [5.41, 5.74) is 2.35. The lowest BCUT2D eigenvalue weighted by Crippen LogP contribution is -2.44. The van der Waals surface area contributed by atoms with E-state index < -0.39 is 0 Å². The van der Waals surface area contributed by atoms with Crippen LogP contribution in [-0.2, 0) is 0 Å². The summed E-state index contributed by atoms with van der Waals surface area (Å²) in [6.45, 7) is 5.08. The molecule has 0 atom stereocenters. The first-order valence-corrected chi connectivity index (χ1v) is 6.65. The predicted molar refractivity (Wildman–Crippen MR) is 82.7 cm³/mol. The highest BCUT2D eigenvalue weighted by Gasteiger charge is 2.21. The molecular formula is C16H20N4. The molecule has 2 aromatic rings. The highest BCUT2D eigenvalue weighted by atomic mass is 15.2. The van der Waals surface area contributed by atoms with E-state index in [-0.39, 0.29) is 5.54 Å². The monoisotopic (exact) mass is 268 g/mol. The van der Waals surface area contributed by atoms with E-state index in [9.17, 15) is 5.26 Å². The zero-order valence-corrected chi connectivity index (χ0v) is 12.4. The van der Waals surface area contributed by atoms with E-state index in [2.05, 4.69) is 49.2 Å². The summed E-state index contributed by atoms with van der Waals surface area (Å²) >= 11 is 0. The fourth-order valence-corrected chi connectivity index (χ4v) is 1.88. The Morgan fingerprint density at radius 1 is 1.30 bits per heavy atom. The summed E-state index contributed by atoms with van der Waals surface area (Å²) in [7, 11) is 4.11. The van der Waals surface area contributed by atoms with Crippen LogP contribution in [-0.4, -0.2) is 36.1 Å². The average molecular weight is 268 g/mol. The molecule has 0 bridgehead atoms. The maximum Gasteiger partial charge on any atom is 0.103 e. The first-order valence-electron chi connectivity index (χ1n) is 6.65. The van der Waals surface area contributed by atoms with Crippen LogP contribution in [0.3, 0.4) is 0 Å². The first kappa shape index (κ1) is 14.3. The third-order valence-corrected chi connectivity index (χ3v) is 3.80. The van der Waals surface area contributed by atoms with Gasteiger partial charge in [-0.2, -0.15) is 5.26 Å². The highest BCUT2D eigenvalue weighted by molar-refractivity contribution is 5.93. The molecule has 1 aromatic carbocycles. The molecule has 0 unspecified atom stereocenters. The number of likely N-dealkylation sites (N-methyl/N-ethyl adjacent to an activating group) is 1. The summed E-state index contributed by atoms with van der Waals surface area (Å²) in [6, 6.07) is 10.1. The Hall–Kier alpha value is -2.12. The van der Waals surface area contributed by atoms with Gasteiger partial charge in [0.05, 0.1) is 16.8 Å². The van der Waals surface area contributed by atoms with Gasteiger partial charge in [0.2, 0.25) is 0 Å². The number of nitrogens with one attached hydrogen (secondary N) is 1. The number of hydrogen-bond acceptors (Lipinski definition) is 4. The molecule has 1 heterocycles. The third kappa shape index (κ3) is 2.73. The van der Waals surface area contributed by atoms with Gasteiger partial charge in [0.25, 0.3) is 0 Å². The standard InChI is InChI=1S/C16H20N4/c1-16(2,20(3)4)11-19-15-12(9-17)10-18-14-8-6-5-7-13(14)15/h5-8,10H,11H2,1-4H3,(H,18,19). The van der Waals surface area contributed by atoms with Gasteiger partial charge < -0.3 is 10.2 Å². The fourth-order valence-electron chi connectivity index (χ4n) is 1.88. The number of nitriles is 1. The molecule has 0 radical (unpaired) electrons. The van der Waals surface area contributed by atoms with Crippen LogP contribution in [0, 0.1) is 11.3 Å². The van der Waals surface area contributed by atoms with Crippen molar-refractivity contribution in [2.75, 3.05) is 26.0 Å². The van der Waals surface area contributed by atoms with E-state index in [0.29, 0.717) is 5.56 Å². The normalized spacial score (nSPS) is 11.6. The van der Waals surface area contributed by atoms with Gasteiger partial charge in [-0.15, -0.1) is 0 Å². The molecule has 1 aromatic heterocycles. The highest BCUT2D eigenvalue weighted by Crippen LogP contribution is 2.26. The Morgan fingerprint density at radius 3 is 2.65 bits per heavy atom. The molecule has 2 rings (SSSR count). The van der Waals surface area contributed by atoms with Crippen molar-refractivity contribution in [2.24, 2.45) is 0 Å². The molecule has 0 saturated heterocycles. The molecular weight excluding hydrogens is 248 g/mol. The largest absolute Gasteiger partial charge is 0.382 e. The number of fused-ring (bicyclic) bond motifs is 1. The first-order chi connectivity index (χ1) is 9.45. The second-order valence-corrected chi connectivity index (χ2v) is 5.74. The Bertz CT molecular complexity index is 653. The van der Waals surface area contributed by atoms with Crippen LogP contribution in [0.15, 0.2) is 30.5 Å². The number of anilines is 1. The quantitative estimate of drug-likeness (QED) is 0.926. The van der Waals surface area contributed by atoms with Crippen molar-refractivity contribution in [3.8, 4) is 6.07 Å². The van der Waals surface area contributed by atoms with Crippen molar-refractivity contribution in [3.05, 3.63) is 36.0 Å². The van der Waals surface area contributed by atoms with E-state index in [4.69, 9.17) is 0 Å². The van der Waals surface area contributed by atoms with E-state index >= 15 is 0 Å². The van der Waals surface area contributed by atoms with E-state index in [0.717, 1.165) is 23.1 Å². The van der Waals surface area contributed by atoms with Gasteiger partial charge in [-0.3, -0.25) is 4.98 Å². The molecule has 0 aliphatic heterocycles. The van der Waals surface area contributed by atoms with Crippen LogP contribution in [0.2, 0.25) is 0 Å². The molecule has 0 fully saturated rings. The van der Waals surface area contributed by atoms with Gasteiger partial charge in [0.1, 0.15) is 6.07 Å². The minimum atomic E-state index is -0.00288. The lowest BCUT2D eigenvalue weighted by atomic mass is 10.0. The molecule has 20 heavy (non-hydrogen) atoms. The number of nitrogens with zero attached hydrogens (tertiary/aromatic N) is 3. The van der Waals surface area contributed by atoms with Gasteiger partial charge in [0.15, 0.2) is 0 Å². The van der Waals surface area contributed by atoms with Crippen molar-refractivity contribution in [2.45, 2.75) is 19.4 Å². The van der Waals surface area contributed by atoms with E-state index in [1.54, 1.807) is 6.20 Å². The van der Waals surface area contributed by atoms with Crippen LogP contribution in [0.5, 0.6) is 0 Å². The van der Waals surface area contributed by atoms with Crippen LogP contribution in [0.25, 0.3) is 10.9 Å². The fraction of sp³-hybridized carbons (Fsp3) is 0.375. The van der Waals surface area contributed by atoms with Crippen LogP contribution < -0.4 is 5.32 Å². The van der Waals surface area contributed by atoms with Gasteiger partial charge >= 0.3 is 0 Å². The average Bonchev–Trinajstić information content (AvgIpc) is 2.44. The van der Waals surface area contributed by atoms with Crippen LogP contribution in [0.4, 0.5) is 5.69 Å². The summed E-state index contributed by atoms with van der Waals surface area (Å²) in [5.74, 6) is 0. The molecule has 4 heteroatoms. The minimum absolute atomic E-state index is 0.00288. The van der Waals surface area contributed by atoms with Gasteiger partial charge in [-0.05, 0) is 34.0 Å². The van der Waals surface area contributed by atoms with Crippen molar-refractivity contribution >= 4 is 16.6 Å². The lowest BCUT2D eigenvalue weighted by Gasteiger charge is -2.33. The molecule has 0 aliphatic rings. The number of pyridine rings is 1. The number of benzene rings is 1. The van der Waals surface area contributed by atoms with Gasteiger partial charge in [-0.25, -0.2) is 0 Å². The second kappa shape index (κ2) is 5.48. The lowest BCUT2D eigenvalue weighted by molar-refractivity contribution is 0.210. The molecule has 4 nitrogen and oxygen atoms in total. The molecule has 104 valence electrons. The summed E-state index contributed by atoms with van der Waals surface area (Å²) < 4.78 is 0. The minimum Gasteiger partial charge on any atom is -0.382 e. The molecule has 0 saturated carbocycles. The second-order valence-electron chi connectivity index (χ2n) is 5.74. The predicted octanol–water partition coefficient (Wildman–Crippen LogP) is 2.86. The van der Waals surface area contributed by atoms with Crippen molar-refractivity contribution in [3.63, 3.8) is 0 Å². The van der Waals surface area contributed by atoms with E-state index in [1.165, 1.54) is 0 Å². The van der Waals surface area contributed by atoms with Crippen LogP contribution >= 0.6 is 0 Å². The summed E-state index contributed by atoms with van der Waals surface area (Å²) in [6.07, 6.45) is 1.63. The zero-order valence-electron chi connectivity index (χ0n) is 12.4. The number of hydrogen-bond donors (Lipinski definition) is 1. The van der Waals surface area contributed by atoms with Crippen molar-refractivity contribution < 1.29 is 0 Å². The number of aromatic nitrogens is 1. The Balaban J connectivity index is 2.40. The maximum atomic E-state index is 9.28. The van der Waals surface area contributed by atoms with Crippen molar-refractivity contribution in [1.82, 2.24) is 9.88 Å². The topological polar surface area (TPSA) is 52.0 Å². The Labute approximate surface area is 120 Å². The maximum absolute atomic E-state index is 9.28. The Kier molecular flexibility index (Phi) is 3.91. The van der Waals surface area contributed by atoms with Crippen LogP contribution in [0.1, 0.15) is 19.4 Å². The SMILES string of the molecule is CN(C)C(C)(C)CNc1c(C#N)cnc2ccccc12. The van der Waals surface area contributed by atoms with Gasteiger partial charge in [-0.1, -0.05) is 18.2 Å². The van der Waals surface area contributed by atoms with Crippen molar-refractivity contribution in [1.29, 1.82) is 5.26 Å².